The Kier molecular flexibility index (Phi) is 5.67. The van der Waals surface area contributed by atoms with Gasteiger partial charge in [0.25, 0.3) is 6.43 Å². The first-order chi connectivity index (χ1) is 8.54. The first kappa shape index (κ1) is 14.5. The molecule has 0 saturated carbocycles. The average molecular weight is 257 g/mol. The quantitative estimate of drug-likeness (QED) is 0.453. The minimum Gasteiger partial charge on any atom is -0.300 e. The fraction of sp³-hybridized carbons (Fsp3) is 0.417. The summed E-state index contributed by atoms with van der Waals surface area (Å²) in [6, 6.07) is 8.95. The Morgan fingerprint density at radius 2 is 1.94 bits per heavy atom. The molecule has 0 heterocycles. The summed E-state index contributed by atoms with van der Waals surface area (Å²) in [6.45, 7) is -0.182. The molecule has 0 bridgehead atoms. The lowest BCUT2D eigenvalue weighted by molar-refractivity contribution is -0.123. The number of benzene rings is 1. The van der Waals surface area contributed by atoms with Crippen LogP contribution in [0.4, 0.5) is 8.78 Å². The molecule has 4 nitrogen and oxygen atoms in total. The Hall–Kier alpha value is -1.53. The number of likely N-dealkylation sites (N-methyl/N-ethyl adjacent to an activating group) is 1. The fourth-order valence-corrected chi connectivity index (χ4v) is 1.75. The van der Waals surface area contributed by atoms with E-state index in [0.717, 1.165) is 5.56 Å². The molecule has 6 heteroatoms. The van der Waals surface area contributed by atoms with Crippen molar-refractivity contribution in [3.63, 3.8) is 0 Å². The Labute approximate surface area is 105 Å². The number of carbonyl (C=O) groups is 1. The topological polar surface area (TPSA) is 58.4 Å². The summed E-state index contributed by atoms with van der Waals surface area (Å²) in [7, 11) is 1.55. The normalized spacial score (nSPS) is 12.8. The van der Waals surface area contributed by atoms with Crippen molar-refractivity contribution >= 4 is 5.91 Å². The van der Waals surface area contributed by atoms with E-state index in [1.54, 1.807) is 31.3 Å². The Balaban J connectivity index is 2.77. The highest BCUT2D eigenvalue weighted by molar-refractivity contribution is 5.83. The molecule has 0 aromatic heterocycles. The molecule has 0 spiro atoms. The lowest BCUT2D eigenvalue weighted by Gasteiger charge is -2.22. The molecule has 1 amide bonds. The van der Waals surface area contributed by atoms with Crippen LogP contribution in [0.25, 0.3) is 0 Å². The Bertz CT molecular complexity index is 373. The highest BCUT2D eigenvalue weighted by Gasteiger charge is 2.22. The zero-order chi connectivity index (χ0) is 13.5. The number of hydrogen-bond acceptors (Lipinski definition) is 3. The zero-order valence-electron chi connectivity index (χ0n) is 10.1. The van der Waals surface area contributed by atoms with Gasteiger partial charge in [0.15, 0.2) is 0 Å². The second-order valence-electron chi connectivity index (χ2n) is 4.08. The Morgan fingerprint density at radius 3 is 2.44 bits per heavy atom. The lowest BCUT2D eigenvalue weighted by Crippen LogP contribution is -2.40. The van der Waals surface area contributed by atoms with E-state index in [1.807, 2.05) is 6.07 Å². The number of nitrogens with two attached hydrogens (primary N) is 1. The fourth-order valence-electron chi connectivity index (χ4n) is 1.75. The van der Waals surface area contributed by atoms with Crippen molar-refractivity contribution in [1.82, 2.24) is 10.3 Å². The largest absolute Gasteiger partial charge is 0.300 e. The van der Waals surface area contributed by atoms with E-state index in [0.29, 0.717) is 0 Å². The highest BCUT2D eigenvalue weighted by Crippen LogP contribution is 2.17. The average Bonchev–Trinajstić information content (AvgIpc) is 2.35. The molecule has 0 radical (unpaired) electrons. The summed E-state index contributed by atoms with van der Waals surface area (Å²) in [4.78, 5) is 13.1. The molecular weight excluding hydrogens is 240 g/mol. The predicted molar refractivity (Wildman–Crippen MR) is 65.0 cm³/mol. The van der Waals surface area contributed by atoms with Crippen LogP contribution in [0.3, 0.4) is 0 Å². The van der Waals surface area contributed by atoms with Crippen molar-refractivity contribution in [3.05, 3.63) is 35.9 Å². The van der Waals surface area contributed by atoms with Gasteiger partial charge in [-0.25, -0.2) is 14.6 Å². The molecule has 0 aliphatic rings. The van der Waals surface area contributed by atoms with Gasteiger partial charge in [-0.15, -0.1) is 0 Å². The second-order valence-corrected chi connectivity index (χ2v) is 4.08. The zero-order valence-corrected chi connectivity index (χ0v) is 10.1. The van der Waals surface area contributed by atoms with Gasteiger partial charge in [-0.05, 0) is 12.6 Å². The highest BCUT2D eigenvalue weighted by atomic mass is 19.3. The molecular formula is C12H17F2N3O. The molecule has 18 heavy (non-hydrogen) atoms. The molecule has 1 aromatic rings. The van der Waals surface area contributed by atoms with Gasteiger partial charge in [-0.2, -0.15) is 0 Å². The SMILES string of the molecule is CN(CC(F)F)CC(C(=O)NN)c1ccccc1. The first-order valence-electron chi connectivity index (χ1n) is 5.56. The van der Waals surface area contributed by atoms with Crippen LogP contribution in [0, 0.1) is 0 Å². The van der Waals surface area contributed by atoms with Crippen molar-refractivity contribution < 1.29 is 13.6 Å². The van der Waals surface area contributed by atoms with E-state index in [1.165, 1.54) is 4.90 Å². The molecule has 0 saturated heterocycles. The third kappa shape index (κ3) is 4.38. The third-order valence-corrected chi connectivity index (χ3v) is 2.60. The smallest absolute Gasteiger partial charge is 0.251 e. The van der Waals surface area contributed by atoms with Crippen LogP contribution in [0.15, 0.2) is 30.3 Å². The first-order valence-corrected chi connectivity index (χ1v) is 5.56. The van der Waals surface area contributed by atoms with Crippen molar-refractivity contribution in [2.45, 2.75) is 12.3 Å². The van der Waals surface area contributed by atoms with Gasteiger partial charge in [0.1, 0.15) is 0 Å². The molecule has 0 fully saturated rings. The van der Waals surface area contributed by atoms with E-state index >= 15 is 0 Å². The van der Waals surface area contributed by atoms with E-state index in [-0.39, 0.29) is 19.0 Å². The van der Waals surface area contributed by atoms with Gasteiger partial charge < -0.3 is 0 Å². The molecule has 1 atom stereocenters. The molecule has 0 aliphatic heterocycles. The van der Waals surface area contributed by atoms with E-state index in [9.17, 15) is 13.6 Å². The number of hydrogen-bond donors (Lipinski definition) is 2. The maximum Gasteiger partial charge on any atom is 0.251 e. The molecule has 1 aromatic carbocycles. The Morgan fingerprint density at radius 1 is 1.33 bits per heavy atom. The van der Waals surface area contributed by atoms with E-state index < -0.39 is 12.3 Å². The summed E-state index contributed by atoms with van der Waals surface area (Å²) in [5, 5.41) is 0. The molecule has 1 unspecified atom stereocenters. The van der Waals surface area contributed by atoms with Gasteiger partial charge in [0.05, 0.1) is 12.5 Å². The standard InChI is InChI=1S/C12H17F2N3O/c1-17(8-11(13)14)7-10(12(18)16-15)9-5-3-2-4-6-9/h2-6,10-11H,7-8,15H2,1H3,(H,16,18). The van der Waals surface area contributed by atoms with Gasteiger partial charge in [0.2, 0.25) is 5.91 Å². The van der Waals surface area contributed by atoms with Crippen molar-refractivity contribution in [2.24, 2.45) is 5.84 Å². The van der Waals surface area contributed by atoms with E-state index in [4.69, 9.17) is 5.84 Å². The third-order valence-electron chi connectivity index (χ3n) is 2.60. The van der Waals surface area contributed by atoms with Gasteiger partial charge in [-0.1, -0.05) is 30.3 Å². The summed E-state index contributed by atoms with van der Waals surface area (Å²) >= 11 is 0. The number of amides is 1. The second kappa shape index (κ2) is 7.03. The van der Waals surface area contributed by atoms with Crippen LogP contribution >= 0.6 is 0 Å². The summed E-state index contributed by atoms with van der Waals surface area (Å²) in [5.41, 5.74) is 2.82. The number of rotatable bonds is 6. The molecule has 0 aliphatic carbocycles. The minimum atomic E-state index is -2.42. The van der Waals surface area contributed by atoms with Crippen LogP contribution in [0.5, 0.6) is 0 Å². The predicted octanol–water partition coefficient (Wildman–Crippen LogP) is 0.957. The summed E-state index contributed by atoms with van der Waals surface area (Å²) < 4.78 is 24.5. The van der Waals surface area contributed by atoms with Crippen molar-refractivity contribution in [2.75, 3.05) is 20.1 Å². The lowest BCUT2D eigenvalue weighted by atomic mass is 9.98. The van der Waals surface area contributed by atoms with Crippen LogP contribution < -0.4 is 11.3 Å². The van der Waals surface area contributed by atoms with Crippen molar-refractivity contribution in [3.8, 4) is 0 Å². The molecule has 1 rings (SSSR count). The number of alkyl halides is 2. The maximum atomic E-state index is 12.3. The van der Waals surface area contributed by atoms with Crippen molar-refractivity contribution in [1.29, 1.82) is 0 Å². The number of nitrogens with one attached hydrogen (secondary N) is 1. The van der Waals surface area contributed by atoms with Gasteiger partial charge >= 0.3 is 0 Å². The van der Waals surface area contributed by atoms with Crippen LogP contribution in [0.2, 0.25) is 0 Å². The van der Waals surface area contributed by atoms with Crippen LogP contribution in [-0.2, 0) is 4.79 Å². The van der Waals surface area contributed by atoms with E-state index in [2.05, 4.69) is 5.43 Å². The summed E-state index contributed by atoms with van der Waals surface area (Å²) in [5.74, 6) is 4.18. The molecule has 3 N–H and O–H groups in total. The van der Waals surface area contributed by atoms with Crippen LogP contribution in [0.1, 0.15) is 11.5 Å². The number of nitrogens with zero attached hydrogens (tertiary/aromatic N) is 1. The summed E-state index contributed by atoms with van der Waals surface area (Å²) in [6.07, 6.45) is -2.42. The number of halogens is 2. The monoisotopic (exact) mass is 257 g/mol. The van der Waals surface area contributed by atoms with Gasteiger partial charge in [0, 0.05) is 6.54 Å². The maximum absolute atomic E-state index is 12.3. The minimum absolute atomic E-state index is 0.192. The van der Waals surface area contributed by atoms with Crippen LogP contribution in [-0.4, -0.2) is 37.4 Å². The number of carbonyl (C=O) groups excluding carboxylic acids is 1. The molecule has 100 valence electrons. The van der Waals surface area contributed by atoms with Gasteiger partial charge in [-0.3, -0.25) is 15.1 Å². The number of hydrazine groups is 1.